The first-order valence-corrected chi connectivity index (χ1v) is 8.23. The second kappa shape index (κ2) is 6.21. The molecule has 0 amide bonds. The van der Waals surface area contributed by atoms with E-state index in [9.17, 15) is 0 Å². The number of methoxy groups -OCH3 is 1. The van der Waals surface area contributed by atoms with Crippen molar-refractivity contribution in [3.63, 3.8) is 0 Å². The Morgan fingerprint density at radius 2 is 2.09 bits per heavy atom. The van der Waals surface area contributed by atoms with Crippen LogP contribution in [0.1, 0.15) is 48.9 Å². The third-order valence-electron chi connectivity index (χ3n) is 4.64. The van der Waals surface area contributed by atoms with Gasteiger partial charge >= 0.3 is 0 Å². The van der Waals surface area contributed by atoms with E-state index in [1.165, 1.54) is 28.8 Å². The maximum Gasteiger partial charge on any atom is 0.137 e. The van der Waals surface area contributed by atoms with Crippen LogP contribution in [0.15, 0.2) is 36.4 Å². The molecule has 0 aliphatic carbocycles. The summed E-state index contributed by atoms with van der Waals surface area (Å²) in [6, 6.07) is 13.1. The summed E-state index contributed by atoms with van der Waals surface area (Å²) >= 11 is 6.25. The predicted molar refractivity (Wildman–Crippen MR) is 93.2 cm³/mol. The largest absolute Gasteiger partial charge is 0.495 e. The van der Waals surface area contributed by atoms with Gasteiger partial charge in [0.15, 0.2) is 0 Å². The van der Waals surface area contributed by atoms with Crippen LogP contribution >= 0.6 is 11.6 Å². The topological polar surface area (TPSA) is 21.3 Å². The van der Waals surface area contributed by atoms with Gasteiger partial charge < -0.3 is 10.1 Å². The minimum absolute atomic E-state index is 0.283. The van der Waals surface area contributed by atoms with E-state index < -0.39 is 0 Å². The van der Waals surface area contributed by atoms with E-state index in [-0.39, 0.29) is 6.04 Å². The molecule has 2 aromatic rings. The second-order valence-electron chi connectivity index (χ2n) is 6.02. The van der Waals surface area contributed by atoms with Gasteiger partial charge in [0.2, 0.25) is 0 Å². The fourth-order valence-corrected chi connectivity index (χ4v) is 3.29. The van der Waals surface area contributed by atoms with Crippen LogP contribution < -0.4 is 10.1 Å². The zero-order chi connectivity index (χ0) is 15.7. The maximum atomic E-state index is 6.25. The third kappa shape index (κ3) is 2.80. The van der Waals surface area contributed by atoms with E-state index in [4.69, 9.17) is 16.3 Å². The molecule has 2 atom stereocenters. The van der Waals surface area contributed by atoms with E-state index in [1.54, 1.807) is 7.11 Å². The van der Waals surface area contributed by atoms with Crippen molar-refractivity contribution < 1.29 is 4.74 Å². The Morgan fingerprint density at radius 3 is 2.77 bits per heavy atom. The summed E-state index contributed by atoms with van der Waals surface area (Å²) in [5.74, 6) is 1.33. The van der Waals surface area contributed by atoms with Crippen molar-refractivity contribution in [2.75, 3.05) is 12.4 Å². The minimum Gasteiger partial charge on any atom is -0.495 e. The molecule has 0 saturated carbocycles. The molecule has 22 heavy (non-hydrogen) atoms. The third-order valence-corrected chi connectivity index (χ3v) is 4.94. The molecule has 1 aliphatic heterocycles. The highest BCUT2D eigenvalue weighted by Crippen LogP contribution is 2.38. The Hall–Kier alpha value is -1.67. The fraction of sp³-hybridized carbons (Fsp3) is 0.368. The number of fused-ring (bicyclic) bond motifs is 1. The number of benzene rings is 2. The van der Waals surface area contributed by atoms with Crippen LogP contribution in [0.25, 0.3) is 0 Å². The van der Waals surface area contributed by atoms with Crippen LogP contribution in [0, 0.1) is 0 Å². The number of hydrogen-bond donors (Lipinski definition) is 1. The molecule has 1 heterocycles. The molecule has 2 nitrogen and oxygen atoms in total. The van der Waals surface area contributed by atoms with Gasteiger partial charge in [-0.05, 0) is 53.6 Å². The molecule has 2 aromatic carbocycles. The number of ether oxygens (including phenoxy) is 1. The molecule has 0 aromatic heterocycles. The van der Waals surface area contributed by atoms with Crippen LogP contribution in [-0.4, -0.2) is 7.11 Å². The quantitative estimate of drug-likeness (QED) is 0.796. The molecule has 1 aliphatic rings. The zero-order valence-corrected chi connectivity index (χ0v) is 14.1. The van der Waals surface area contributed by atoms with Gasteiger partial charge in [-0.1, -0.05) is 43.6 Å². The molecule has 0 saturated heterocycles. The summed E-state index contributed by atoms with van der Waals surface area (Å²) < 4.78 is 5.23. The number of rotatable bonds is 4. The lowest BCUT2D eigenvalue weighted by atomic mass is 9.95. The van der Waals surface area contributed by atoms with Gasteiger partial charge in [-0.25, -0.2) is 0 Å². The number of nitrogens with one attached hydrogen (secondary N) is 1. The van der Waals surface area contributed by atoms with Gasteiger partial charge in [0.1, 0.15) is 5.75 Å². The molecule has 0 bridgehead atoms. The van der Waals surface area contributed by atoms with Crippen LogP contribution in [0.5, 0.6) is 5.75 Å². The van der Waals surface area contributed by atoms with Crippen LogP contribution in [-0.2, 0) is 6.42 Å². The Balaban J connectivity index is 1.83. The van der Waals surface area contributed by atoms with E-state index in [0.29, 0.717) is 10.9 Å². The number of hydrogen-bond acceptors (Lipinski definition) is 2. The maximum absolute atomic E-state index is 6.25. The van der Waals surface area contributed by atoms with Crippen molar-refractivity contribution in [1.82, 2.24) is 0 Å². The van der Waals surface area contributed by atoms with Crippen molar-refractivity contribution in [3.8, 4) is 5.75 Å². The molecule has 3 rings (SSSR count). The van der Waals surface area contributed by atoms with Crippen molar-refractivity contribution >= 4 is 17.3 Å². The Kier molecular flexibility index (Phi) is 4.30. The normalized spacial score (nSPS) is 17.7. The summed E-state index contributed by atoms with van der Waals surface area (Å²) in [6.45, 7) is 4.52. The van der Waals surface area contributed by atoms with Crippen molar-refractivity contribution in [2.24, 2.45) is 0 Å². The molecule has 116 valence electrons. The van der Waals surface area contributed by atoms with E-state index in [0.717, 1.165) is 12.2 Å². The molecule has 2 unspecified atom stereocenters. The highest BCUT2D eigenvalue weighted by molar-refractivity contribution is 6.32. The summed E-state index contributed by atoms with van der Waals surface area (Å²) in [6.07, 6.45) is 2.17. The van der Waals surface area contributed by atoms with Crippen molar-refractivity contribution in [3.05, 3.63) is 58.1 Å². The smallest absolute Gasteiger partial charge is 0.137 e. The predicted octanol–water partition coefficient (Wildman–Crippen LogP) is 5.57. The highest BCUT2D eigenvalue weighted by atomic mass is 35.5. The van der Waals surface area contributed by atoms with Gasteiger partial charge in [-0.3, -0.25) is 0 Å². The number of halogens is 1. The first-order chi connectivity index (χ1) is 10.6. The first-order valence-electron chi connectivity index (χ1n) is 7.85. The summed E-state index contributed by atoms with van der Waals surface area (Å²) in [7, 11) is 1.64. The Labute approximate surface area is 137 Å². The fourth-order valence-electron chi connectivity index (χ4n) is 3.02. The van der Waals surface area contributed by atoms with Gasteiger partial charge in [0, 0.05) is 5.69 Å². The molecule has 0 radical (unpaired) electrons. The average Bonchev–Trinajstić information content (AvgIpc) is 2.97. The average molecular weight is 316 g/mol. The van der Waals surface area contributed by atoms with Gasteiger partial charge in [-0.15, -0.1) is 0 Å². The van der Waals surface area contributed by atoms with Crippen LogP contribution in [0.3, 0.4) is 0 Å². The molecule has 0 spiro atoms. The van der Waals surface area contributed by atoms with E-state index in [2.05, 4.69) is 43.4 Å². The number of anilines is 1. The minimum atomic E-state index is 0.283. The van der Waals surface area contributed by atoms with E-state index >= 15 is 0 Å². The van der Waals surface area contributed by atoms with Crippen molar-refractivity contribution in [1.29, 1.82) is 0 Å². The standard InChI is InChI=1S/C19H22ClNO/c1-4-12(2)13-5-7-17-15(9-13)11-18(21-17)14-6-8-19(22-3)16(20)10-14/h5-10,12,18,21H,4,11H2,1-3H3. The Morgan fingerprint density at radius 1 is 1.27 bits per heavy atom. The first kappa shape index (κ1) is 15.2. The lowest BCUT2D eigenvalue weighted by Gasteiger charge is -2.13. The molecule has 3 heteroatoms. The molecular formula is C19H22ClNO. The van der Waals surface area contributed by atoms with Crippen LogP contribution in [0.2, 0.25) is 5.02 Å². The van der Waals surface area contributed by atoms with E-state index in [1.807, 2.05) is 12.1 Å². The molecule has 0 fully saturated rings. The van der Waals surface area contributed by atoms with Crippen molar-refractivity contribution in [2.45, 2.75) is 38.6 Å². The van der Waals surface area contributed by atoms with Crippen LogP contribution in [0.4, 0.5) is 5.69 Å². The lowest BCUT2D eigenvalue weighted by Crippen LogP contribution is -2.05. The monoisotopic (exact) mass is 315 g/mol. The lowest BCUT2D eigenvalue weighted by molar-refractivity contribution is 0.415. The zero-order valence-electron chi connectivity index (χ0n) is 13.3. The molecule has 1 N–H and O–H groups in total. The summed E-state index contributed by atoms with van der Waals surface area (Å²) in [4.78, 5) is 0. The van der Waals surface area contributed by atoms with Gasteiger partial charge in [-0.2, -0.15) is 0 Å². The summed E-state index contributed by atoms with van der Waals surface area (Å²) in [5, 5.41) is 4.27. The SMILES string of the molecule is CCC(C)c1ccc2c(c1)CC(c1ccc(OC)c(Cl)c1)N2. The summed E-state index contributed by atoms with van der Waals surface area (Å²) in [5.41, 5.74) is 5.27. The second-order valence-corrected chi connectivity index (χ2v) is 6.43. The molecular weight excluding hydrogens is 294 g/mol. The Bertz CT molecular complexity index is 683. The van der Waals surface area contributed by atoms with Gasteiger partial charge in [0.25, 0.3) is 0 Å². The van der Waals surface area contributed by atoms with Gasteiger partial charge in [0.05, 0.1) is 18.2 Å². The highest BCUT2D eigenvalue weighted by Gasteiger charge is 2.23.